The van der Waals surface area contributed by atoms with Crippen molar-refractivity contribution in [2.75, 3.05) is 0 Å². The van der Waals surface area contributed by atoms with E-state index in [1.54, 1.807) is 0 Å². The zero-order valence-electron chi connectivity index (χ0n) is 11.7. The third kappa shape index (κ3) is 4.63. The van der Waals surface area contributed by atoms with E-state index in [0.717, 1.165) is 18.4 Å². The minimum absolute atomic E-state index is 0.0446. The molecule has 2 heteroatoms. The van der Waals surface area contributed by atoms with Crippen LogP contribution in [-0.4, -0.2) is 5.78 Å². The molecule has 2 N–H and O–H groups in total. The van der Waals surface area contributed by atoms with Crippen molar-refractivity contribution in [3.05, 3.63) is 71.8 Å². The van der Waals surface area contributed by atoms with Crippen LogP contribution in [-0.2, 0) is 11.2 Å². The molecule has 0 amide bonds. The number of benzene rings is 2. The summed E-state index contributed by atoms with van der Waals surface area (Å²) in [5.41, 5.74) is 8.41. The highest BCUT2D eigenvalue weighted by Crippen LogP contribution is 2.16. The van der Waals surface area contributed by atoms with Crippen LogP contribution in [0.15, 0.2) is 60.7 Å². The van der Waals surface area contributed by atoms with E-state index in [1.165, 1.54) is 5.56 Å². The predicted molar refractivity (Wildman–Crippen MR) is 82.4 cm³/mol. The predicted octanol–water partition coefficient (Wildman–Crippen LogP) is 3.67. The lowest BCUT2D eigenvalue weighted by Crippen LogP contribution is -2.12. The first kappa shape index (κ1) is 14.5. The van der Waals surface area contributed by atoms with Crippen LogP contribution in [0.4, 0.5) is 0 Å². The second-order valence-corrected chi connectivity index (χ2v) is 5.08. The molecule has 0 aliphatic carbocycles. The zero-order chi connectivity index (χ0) is 14.2. The smallest absolute Gasteiger partial charge is 0.133 e. The molecule has 0 aromatic heterocycles. The third-order valence-electron chi connectivity index (χ3n) is 3.50. The van der Waals surface area contributed by atoms with Crippen LogP contribution in [0.1, 0.15) is 36.4 Å². The lowest BCUT2D eigenvalue weighted by molar-refractivity contribution is -0.119. The third-order valence-corrected chi connectivity index (χ3v) is 3.50. The summed E-state index contributed by atoms with van der Waals surface area (Å²) < 4.78 is 0. The van der Waals surface area contributed by atoms with Crippen LogP contribution in [0.3, 0.4) is 0 Å². The Morgan fingerprint density at radius 1 is 0.900 bits per heavy atom. The molecule has 0 saturated carbocycles. The second kappa shape index (κ2) is 7.61. The first-order chi connectivity index (χ1) is 9.75. The van der Waals surface area contributed by atoms with Crippen LogP contribution in [0, 0.1) is 0 Å². The van der Waals surface area contributed by atoms with Crippen LogP contribution < -0.4 is 5.73 Å². The van der Waals surface area contributed by atoms with E-state index in [2.05, 4.69) is 12.1 Å². The van der Waals surface area contributed by atoms with Gasteiger partial charge < -0.3 is 5.73 Å². The number of carbonyl (C=O) groups is 1. The number of nitrogens with two attached hydrogens (primary N) is 1. The molecule has 0 radical (unpaired) electrons. The number of ketones is 1. The number of hydrogen-bond donors (Lipinski definition) is 1. The Balaban J connectivity index is 1.73. The molecule has 1 unspecified atom stereocenters. The van der Waals surface area contributed by atoms with E-state index in [1.807, 2.05) is 48.5 Å². The van der Waals surface area contributed by atoms with Crippen LogP contribution in [0.2, 0.25) is 0 Å². The summed E-state index contributed by atoms with van der Waals surface area (Å²) in [7, 11) is 0. The molecule has 0 heterocycles. The van der Waals surface area contributed by atoms with E-state index in [9.17, 15) is 4.79 Å². The van der Waals surface area contributed by atoms with Gasteiger partial charge in [-0.25, -0.2) is 0 Å². The standard InChI is InChI=1S/C18H21NO/c19-18(16-9-5-2-6-10-16)14-13-17(20)12-11-15-7-3-1-4-8-15/h1-10,18H,11-14,19H2. The van der Waals surface area contributed by atoms with E-state index >= 15 is 0 Å². The lowest BCUT2D eigenvalue weighted by atomic mass is 9.99. The normalized spacial score (nSPS) is 12.1. The Morgan fingerprint density at radius 3 is 2.15 bits per heavy atom. The number of aryl methyl sites for hydroxylation is 1. The van der Waals surface area contributed by atoms with Gasteiger partial charge >= 0.3 is 0 Å². The van der Waals surface area contributed by atoms with Gasteiger partial charge in [-0.05, 0) is 24.0 Å². The quantitative estimate of drug-likeness (QED) is 0.831. The Kier molecular flexibility index (Phi) is 5.51. The highest BCUT2D eigenvalue weighted by atomic mass is 16.1. The van der Waals surface area contributed by atoms with Crippen molar-refractivity contribution < 1.29 is 4.79 Å². The first-order valence-electron chi connectivity index (χ1n) is 7.12. The molecule has 2 aromatic carbocycles. The zero-order valence-corrected chi connectivity index (χ0v) is 11.7. The summed E-state index contributed by atoms with van der Waals surface area (Å²) in [6.07, 6.45) is 2.70. The highest BCUT2D eigenvalue weighted by molar-refractivity contribution is 5.78. The summed E-state index contributed by atoms with van der Waals surface area (Å²) in [4.78, 5) is 11.9. The maximum absolute atomic E-state index is 11.9. The Bertz CT molecular complexity index is 522. The molecule has 0 saturated heterocycles. The molecule has 2 nitrogen and oxygen atoms in total. The molecule has 2 aromatic rings. The van der Waals surface area contributed by atoms with Gasteiger partial charge in [0.15, 0.2) is 0 Å². The molecule has 0 fully saturated rings. The molecule has 0 spiro atoms. The van der Waals surface area contributed by atoms with Gasteiger partial charge in [0, 0.05) is 18.9 Å². The number of carbonyl (C=O) groups excluding carboxylic acids is 1. The topological polar surface area (TPSA) is 43.1 Å². The summed E-state index contributed by atoms with van der Waals surface area (Å²) in [5.74, 6) is 0.292. The van der Waals surface area contributed by atoms with Crippen LogP contribution in [0.5, 0.6) is 0 Å². The van der Waals surface area contributed by atoms with E-state index < -0.39 is 0 Å². The van der Waals surface area contributed by atoms with Crippen molar-refractivity contribution in [1.82, 2.24) is 0 Å². The van der Waals surface area contributed by atoms with Gasteiger partial charge in [-0.3, -0.25) is 4.79 Å². The van der Waals surface area contributed by atoms with E-state index in [-0.39, 0.29) is 6.04 Å². The molecule has 2 rings (SSSR count). The van der Waals surface area contributed by atoms with Crippen molar-refractivity contribution in [2.24, 2.45) is 5.73 Å². The van der Waals surface area contributed by atoms with E-state index in [0.29, 0.717) is 18.6 Å². The van der Waals surface area contributed by atoms with Gasteiger partial charge in [0.25, 0.3) is 0 Å². The van der Waals surface area contributed by atoms with Gasteiger partial charge in [-0.1, -0.05) is 60.7 Å². The monoisotopic (exact) mass is 267 g/mol. The van der Waals surface area contributed by atoms with Gasteiger partial charge in [0.05, 0.1) is 0 Å². The van der Waals surface area contributed by atoms with Gasteiger partial charge in [-0.15, -0.1) is 0 Å². The number of rotatable bonds is 7. The largest absolute Gasteiger partial charge is 0.324 e. The SMILES string of the molecule is NC(CCC(=O)CCc1ccccc1)c1ccccc1. The van der Waals surface area contributed by atoms with Gasteiger partial charge in [-0.2, -0.15) is 0 Å². The average Bonchev–Trinajstić information content (AvgIpc) is 2.52. The van der Waals surface area contributed by atoms with Crippen molar-refractivity contribution in [3.63, 3.8) is 0 Å². The van der Waals surface area contributed by atoms with Crippen molar-refractivity contribution >= 4 is 5.78 Å². The summed E-state index contributed by atoms with van der Waals surface area (Å²) in [6.45, 7) is 0. The maximum atomic E-state index is 11.9. The number of hydrogen-bond acceptors (Lipinski definition) is 2. The first-order valence-corrected chi connectivity index (χ1v) is 7.12. The molecule has 0 aliphatic heterocycles. The molecule has 0 bridgehead atoms. The Hall–Kier alpha value is -1.93. The van der Waals surface area contributed by atoms with Crippen molar-refractivity contribution in [2.45, 2.75) is 31.7 Å². The lowest BCUT2D eigenvalue weighted by Gasteiger charge is -2.11. The fourth-order valence-corrected chi connectivity index (χ4v) is 2.24. The molecule has 0 aliphatic rings. The van der Waals surface area contributed by atoms with Crippen molar-refractivity contribution in [3.8, 4) is 0 Å². The van der Waals surface area contributed by atoms with Gasteiger partial charge in [0.2, 0.25) is 0 Å². The maximum Gasteiger partial charge on any atom is 0.133 e. The summed E-state index contributed by atoms with van der Waals surface area (Å²) in [6, 6.07) is 20.0. The highest BCUT2D eigenvalue weighted by Gasteiger charge is 2.09. The molecular weight excluding hydrogens is 246 g/mol. The molecular formula is C18H21NO. The fourth-order valence-electron chi connectivity index (χ4n) is 2.24. The second-order valence-electron chi connectivity index (χ2n) is 5.08. The Morgan fingerprint density at radius 2 is 1.50 bits per heavy atom. The van der Waals surface area contributed by atoms with Crippen LogP contribution >= 0.6 is 0 Å². The van der Waals surface area contributed by atoms with E-state index in [4.69, 9.17) is 5.73 Å². The van der Waals surface area contributed by atoms with Gasteiger partial charge in [0.1, 0.15) is 5.78 Å². The molecule has 104 valence electrons. The molecule has 20 heavy (non-hydrogen) atoms. The van der Waals surface area contributed by atoms with Crippen LogP contribution in [0.25, 0.3) is 0 Å². The minimum Gasteiger partial charge on any atom is -0.324 e. The summed E-state index contributed by atoms with van der Waals surface area (Å²) in [5, 5.41) is 0. The summed E-state index contributed by atoms with van der Waals surface area (Å²) >= 11 is 0. The molecule has 1 atom stereocenters. The fraction of sp³-hybridized carbons (Fsp3) is 0.278. The Labute approximate surface area is 120 Å². The minimum atomic E-state index is -0.0446. The number of Topliss-reactive ketones (excluding diaryl/α,β-unsaturated/α-hetero) is 1. The average molecular weight is 267 g/mol. The van der Waals surface area contributed by atoms with Crippen molar-refractivity contribution in [1.29, 1.82) is 0 Å².